The number of aromatic nitrogens is 2. The van der Waals surface area contributed by atoms with Crippen LogP contribution in [0.15, 0.2) is 30.3 Å². The number of carboxylic acids is 1. The average molecular weight is 326 g/mol. The normalized spacial score (nSPS) is 16.8. The van der Waals surface area contributed by atoms with Gasteiger partial charge < -0.3 is 5.11 Å². The minimum atomic E-state index is -0.702. The van der Waals surface area contributed by atoms with Crippen molar-refractivity contribution in [2.45, 2.75) is 64.3 Å². The fourth-order valence-corrected chi connectivity index (χ4v) is 3.90. The molecule has 1 aromatic heterocycles. The second-order valence-electron chi connectivity index (χ2n) is 6.66. The van der Waals surface area contributed by atoms with Crippen molar-refractivity contribution in [2.75, 3.05) is 0 Å². The zero-order valence-electron chi connectivity index (χ0n) is 14.4. The van der Waals surface area contributed by atoms with Crippen LogP contribution in [0.3, 0.4) is 0 Å². The number of hydrogen-bond donors (Lipinski definition) is 1. The molecule has 3 rings (SSSR count). The van der Waals surface area contributed by atoms with Crippen LogP contribution in [-0.2, 0) is 30.6 Å². The molecule has 4 nitrogen and oxygen atoms in total. The Morgan fingerprint density at radius 1 is 1.33 bits per heavy atom. The van der Waals surface area contributed by atoms with E-state index in [0.29, 0.717) is 0 Å². The van der Waals surface area contributed by atoms with Gasteiger partial charge in [-0.15, -0.1) is 0 Å². The van der Waals surface area contributed by atoms with E-state index >= 15 is 0 Å². The highest BCUT2D eigenvalue weighted by molar-refractivity contribution is 5.68. The van der Waals surface area contributed by atoms with Gasteiger partial charge in [-0.3, -0.25) is 9.48 Å². The highest BCUT2D eigenvalue weighted by Crippen LogP contribution is 2.36. The lowest BCUT2D eigenvalue weighted by Gasteiger charge is -2.22. The predicted octanol–water partition coefficient (Wildman–Crippen LogP) is 3.97. The standard InChI is InChI=1S/C20H26N2O2/c1-2-17-20-16(14-19(23)24)11-6-12-18(20)22(21-17)13-7-10-15-8-4-3-5-9-15/h3-5,8-9,16H,2,6-7,10-14H2,1H3,(H,23,24). The van der Waals surface area contributed by atoms with Gasteiger partial charge in [0.05, 0.1) is 12.1 Å². The van der Waals surface area contributed by atoms with Crippen LogP contribution in [0, 0.1) is 0 Å². The van der Waals surface area contributed by atoms with Gasteiger partial charge in [0.25, 0.3) is 0 Å². The van der Waals surface area contributed by atoms with Crippen molar-refractivity contribution in [3.8, 4) is 0 Å². The SMILES string of the molecule is CCc1nn(CCCc2ccccc2)c2c1C(CC(=O)O)CCC2. The molecule has 2 aromatic rings. The second-order valence-corrected chi connectivity index (χ2v) is 6.66. The summed E-state index contributed by atoms with van der Waals surface area (Å²) in [5.41, 5.74) is 5.00. The molecule has 0 aliphatic heterocycles. The Bertz CT molecular complexity index is 691. The summed E-state index contributed by atoms with van der Waals surface area (Å²) in [6.07, 6.45) is 6.30. The van der Waals surface area contributed by atoms with Crippen molar-refractivity contribution in [1.29, 1.82) is 0 Å². The number of aryl methyl sites for hydroxylation is 3. The Balaban J connectivity index is 1.74. The minimum absolute atomic E-state index is 0.143. The molecule has 0 spiro atoms. The van der Waals surface area contributed by atoms with Gasteiger partial charge in [0.1, 0.15) is 0 Å². The van der Waals surface area contributed by atoms with Gasteiger partial charge in [-0.1, -0.05) is 37.3 Å². The largest absolute Gasteiger partial charge is 0.481 e. The van der Waals surface area contributed by atoms with Crippen LogP contribution in [0.5, 0.6) is 0 Å². The van der Waals surface area contributed by atoms with E-state index in [2.05, 4.69) is 35.9 Å². The van der Waals surface area contributed by atoms with Crippen molar-refractivity contribution in [3.63, 3.8) is 0 Å². The number of benzene rings is 1. The topological polar surface area (TPSA) is 55.1 Å². The molecule has 0 fully saturated rings. The quantitative estimate of drug-likeness (QED) is 0.837. The third kappa shape index (κ3) is 3.69. The highest BCUT2D eigenvalue weighted by Gasteiger charge is 2.29. The summed E-state index contributed by atoms with van der Waals surface area (Å²) in [6, 6.07) is 10.5. The smallest absolute Gasteiger partial charge is 0.303 e. The molecule has 0 radical (unpaired) electrons. The summed E-state index contributed by atoms with van der Waals surface area (Å²) in [6.45, 7) is 3.03. The Labute approximate surface area is 143 Å². The van der Waals surface area contributed by atoms with Crippen LogP contribution in [0.2, 0.25) is 0 Å². The summed E-state index contributed by atoms with van der Waals surface area (Å²) in [5.74, 6) is -0.559. The van der Waals surface area contributed by atoms with Crippen LogP contribution >= 0.6 is 0 Å². The van der Waals surface area contributed by atoms with E-state index in [1.54, 1.807) is 0 Å². The molecule has 1 atom stereocenters. The molecule has 1 aromatic carbocycles. The van der Waals surface area contributed by atoms with Crippen LogP contribution in [0.1, 0.15) is 61.0 Å². The number of carboxylic acid groups (broad SMARTS) is 1. The number of nitrogens with zero attached hydrogens (tertiary/aromatic N) is 2. The minimum Gasteiger partial charge on any atom is -0.481 e. The Morgan fingerprint density at radius 2 is 2.12 bits per heavy atom. The Kier molecular flexibility index (Phi) is 5.34. The number of carbonyl (C=O) groups is 1. The molecule has 4 heteroatoms. The van der Waals surface area contributed by atoms with E-state index in [9.17, 15) is 9.90 Å². The summed E-state index contributed by atoms with van der Waals surface area (Å²) in [4.78, 5) is 11.2. The summed E-state index contributed by atoms with van der Waals surface area (Å²) in [7, 11) is 0. The number of aliphatic carboxylic acids is 1. The first-order chi connectivity index (χ1) is 11.7. The number of hydrogen-bond acceptors (Lipinski definition) is 2. The summed E-state index contributed by atoms with van der Waals surface area (Å²) in [5, 5.41) is 14.0. The molecule has 1 heterocycles. The molecule has 0 bridgehead atoms. The molecule has 1 aliphatic rings. The van der Waals surface area contributed by atoms with E-state index in [1.807, 2.05) is 6.07 Å². The maximum Gasteiger partial charge on any atom is 0.303 e. The van der Waals surface area contributed by atoms with Crippen LogP contribution in [-0.4, -0.2) is 20.9 Å². The van der Waals surface area contributed by atoms with Gasteiger partial charge in [0, 0.05) is 17.8 Å². The molecular formula is C20H26N2O2. The molecule has 1 N–H and O–H groups in total. The Hall–Kier alpha value is -2.10. The molecule has 1 aliphatic carbocycles. The Morgan fingerprint density at radius 3 is 2.83 bits per heavy atom. The fourth-order valence-electron chi connectivity index (χ4n) is 3.90. The highest BCUT2D eigenvalue weighted by atomic mass is 16.4. The zero-order valence-corrected chi connectivity index (χ0v) is 14.4. The van der Waals surface area contributed by atoms with Gasteiger partial charge in [-0.2, -0.15) is 5.10 Å². The maximum atomic E-state index is 11.2. The number of rotatable bonds is 7. The third-order valence-corrected chi connectivity index (χ3v) is 4.98. The molecule has 0 saturated carbocycles. The predicted molar refractivity (Wildman–Crippen MR) is 94.3 cm³/mol. The maximum absolute atomic E-state index is 11.2. The van der Waals surface area contributed by atoms with E-state index in [-0.39, 0.29) is 12.3 Å². The lowest BCUT2D eigenvalue weighted by atomic mass is 9.82. The van der Waals surface area contributed by atoms with Gasteiger partial charge in [0.2, 0.25) is 0 Å². The van der Waals surface area contributed by atoms with Crippen molar-refractivity contribution in [3.05, 3.63) is 52.8 Å². The van der Waals surface area contributed by atoms with Gasteiger partial charge >= 0.3 is 5.97 Å². The molecule has 0 amide bonds. The lowest BCUT2D eigenvalue weighted by molar-refractivity contribution is -0.137. The van der Waals surface area contributed by atoms with E-state index < -0.39 is 5.97 Å². The van der Waals surface area contributed by atoms with Crippen molar-refractivity contribution in [1.82, 2.24) is 9.78 Å². The average Bonchev–Trinajstić information content (AvgIpc) is 2.95. The lowest BCUT2D eigenvalue weighted by Crippen LogP contribution is -2.16. The third-order valence-electron chi connectivity index (χ3n) is 4.98. The first-order valence-corrected chi connectivity index (χ1v) is 9.03. The first kappa shape index (κ1) is 16.7. The summed E-state index contributed by atoms with van der Waals surface area (Å²) >= 11 is 0. The molecule has 0 saturated heterocycles. The molecular weight excluding hydrogens is 300 g/mol. The summed E-state index contributed by atoms with van der Waals surface area (Å²) < 4.78 is 2.16. The molecule has 128 valence electrons. The van der Waals surface area contributed by atoms with Crippen LogP contribution in [0.4, 0.5) is 0 Å². The van der Waals surface area contributed by atoms with Crippen molar-refractivity contribution < 1.29 is 9.90 Å². The van der Waals surface area contributed by atoms with E-state index in [0.717, 1.165) is 50.8 Å². The van der Waals surface area contributed by atoms with Crippen molar-refractivity contribution in [2.24, 2.45) is 0 Å². The van der Waals surface area contributed by atoms with Crippen molar-refractivity contribution >= 4 is 5.97 Å². The second kappa shape index (κ2) is 7.65. The first-order valence-electron chi connectivity index (χ1n) is 9.03. The van der Waals surface area contributed by atoms with Gasteiger partial charge in [-0.05, 0) is 50.0 Å². The van der Waals surface area contributed by atoms with Gasteiger partial charge in [-0.25, -0.2) is 0 Å². The zero-order chi connectivity index (χ0) is 16.9. The van der Waals surface area contributed by atoms with Gasteiger partial charge in [0.15, 0.2) is 0 Å². The number of fused-ring (bicyclic) bond motifs is 1. The van der Waals surface area contributed by atoms with Crippen LogP contribution < -0.4 is 0 Å². The fraction of sp³-hybridized carbons (Fsp3) is 0.500. The molecule has 24 heavy (non-hydrogen) atoms. The van der Waals surface area contributed by atoms with E-state index in [1.165, 1.54) is 16.8 Å². The molecule has 1 unspecified atom stereocenters. The monoisotopic (exact) mass is 326 g/mol. The van der Waals surface area contributed by atoms with E-state index in [4.69, 9.17) is 5.10 Å². The van der Waals surface area contributed by atoms with Crippen LogP contribution in [0.25, 0.3) is 0 Å².